The van der Waals surface area contributed by atoms with Gasteiger partial charge in [-0.1, -0.05) is 13.3 Å². The van der Waals surface area contributed by atoms with E-state index in [9.17, 15) is 14.7 Å². The molecule has 8 nitrogen and oxygen atoms in total. The molecule has 2 amide bonds. The van der Waals surface area contributed by atoms with Gasteiger partial charge in [-0.2, -0.15) is 0 Å². The lowest BCUT2D eigenvalue weighted by Crippen LogP contribution is -2.50. The maximum Gasteiger partial charge on any atom is 0.326 e. The van der Waals surface area contributed by atoms with Gasteiger partial charge >= 0.3 is 12.0 Å². The molecule has 1 aromatic heterocycles. The Morgan fingerprint density at radius 2 is 2.15 bits per heavy atom. The molecule has 138 valence electrons. The summed E-state index contributed by atoms with van der Waals surface area (Å²) >= 11 is 0. The molecule has 1 atom stereocenters. The van der Waals surface area contributed by atoms with Crippen LogP contribution in [0.15, 0.2) is 30.6 Å². The van der Waals surface area contributed by atoms with Crippen molar-refractivity contribution in [2.24, 2.45) is 0 Å². The van der Waals surface area contributed by atoms with Crippen LogP contribution in [0, 0.1) is 0 Å². The molecule has 0 aliphatic carbocycles. The molecule has 0 radical (unpaired) electrons. The third-order valence-corrected chi connectivity index (χ3v) is 4.32. The Kier molecular flexibility index (Phi) is 5.40. The van der Waals surface area contributed by atoms with Crippen LogP contribution in [-0.4, -0.2) is 44.6 Å². The number of aromatic nitrogens is 2. The van der Waals surface area contributed by atoms with Crippen LogP contribution in [-0.2, 0) is 17.8 Å². The van der Waals surface area contributed by atoms with Crippen LogP contribution in [0.3, 0.4) is 0 Å². The molecule has 2 aromatic rings. The lowest BCUT2D eigenvalue weighted by Gasteiger charge is -2.32. The number of hydrogen-bond donors (Lipinski definition) is 3. The van der Waals surface area contributed by atoms with E-state index in [4.69, 9.17) is 4.74 Å². The first kappa shape index (κ1) is 17.8. The second-order valence-corrected chi connectivity index (χ2v) is 6.17. The number of anilines is 1. The number of unbranched alkanes of at least 4 members (excludes halogenated alkanes) is 1. The van der Waals surface area contributed by atoms with Crippen LogP contribution in [0.25, 0.3) is 0 Å². The number of nitrogens with one attached hydrogen (secondary N) is 2. The third kappa shape index (κ3) is 3.96. The van der Waals surface area contributed by atoms with E-state index in [1.807, 2.05) is 0 Å². The fraction of sp³-hybridized carbons (Fsp3) is 0.389. The Hall–Kier alpha value is -3.03. The van der Waals surface area contributed by atoms with Crippen molar-refractivity contribution in [2.75, 3.05) is 11.9 Å². The fourth-order valence-corrected chi connectivity index (χ4v) is 2.83. The number of carboxylic acid groups (broad SMARTS) is 1. The second-order valence-electron chi connectivity index (χ2n) is 6.17. The number of aliphatic carboxylic acids is 1. The number of hydrogen-bond acceptors (Lipinski definition) is 4. The maximum atomic E-state index is 12.6. The minimum atomic E-state index is -1.05. The van der Waals surface area contributed by atoms with Crippen molar-refractivity contribution in [3.05, 3.63) is 42.0 Å². The minimum Gasteiger partial charge on any atom is -0.494 e. The first-order chi connectivity index (χ1) is 12.6. The Morgan fingerprint density at radius 3 is 2.85 bits per heavy atom. The van der Waals surface area contributed by atoms with Crippen molar-refractivity contribution in [3.63, 3.8) is 0 Å². The van der Waals surface area contributed by atoms with Gasteiger partial charge < -0.3 is 25.0 Å². The zero-order valence-corrected chi connectivity index (χ0v) is 14.6. The van der Waals surface area contributed by atoms with Crippen molar-refractivity contribution in [1.82, 2.24) is 14.9 Å². The molecule has 1 aliphatic heterocycles. The molecule has 3 rings (SSSR count). The molecule has 2 heterocycles. The molecule has 26 heavy (non-hydrogen) atoms. The Bertz CT molecular complexity index is 772. The summed E-state index contributed by atoms with van der Waals surface area (Å²) in [6.07, 6.45) is 3.75. The van der Waals surface area contributed by atoms with Gasteiger partial charge in [-0.15, -0.1) is 0 Å². The summed E-state index contributed by atoms with van der Waals surface area (Å²) in [7, 11) is 0. The molecule has 0 spiro atoms. The Balaban J connectivity index is 1.66. The number of carbonyl (C=O) groups excluding carboxylic acids is 1. The van der Waals surface area contributed by atoms with Crippen LogP contribution in [0.1, 0.15) is 31.2 Å². The highest BCUT2D eigenvalue weighted by molar-refractivity contribution is 5.92. The number of ether oxygens (including phenoxy) is 1. The highest BCUT2D eigenvalue weighted by Gasteiger charge is 2.36. The van der Waals surface area contributed by atoms with E-state index in [-0.39, 0.29) is 13.0 Å². The number of benzene rings is 1. The zero-order chi connectivity index (χ0) is 18.5. The molecule has 0 fully saturated rings. The number of carboxylic acids is 1. The second kappa shape index (κ2) is 7.90. The standard InChI is InChI=1S/C18H22N4O4/c1-2-3-8-26-13-6-4-12(5-7-13)21-18(25)22-10-15-14(19-11-20-15)9-16(22)17(23)24/h4-7,11,16H,2-3,8-10H2,1H3,(H,19,20)(H,21,25)(H,23,24). The molecule has 3 N–H and O–H groups in total. The molecular formula is C18H22N4O4. The van der Waals surface area contributed by atoms with E-state index in [0.29, 0.717) is 18.0 Å². The van der Waals surface area contributed by atoms with Crippen molar-refractivity contribution in [3.8, 4) is 5.75 Å². The summed E-state index contributed by atoms with van der Waals surface area (Å²) in [5.74, 6) is -0.312. The predicted molar refractivity (Wildman–Crippen MR) is 95.1 cm³/mol. The number of fused-ring (bicyclic) bond motifs is 1. The van der Waals surface area contributed by atoms with Gasteiger partial charge in [0.05, 0.1) is 30.9 Å². The summed E-state index contributed by atoms with van der Waals surface area (Å²) in [6.45, 7) is 2.93. The Morgan fingerprint density at radius 1 is 1.38 bits per heavy atom. The lowest BCUT2D eigenvalue weighted by atomic mass is 10.0. The maximum absolute atomic E-state index is 12.6. The number of nitrogens with zero attached hydrogens (tertiary/aromatic N) is 2. The molecule has 1 aliphatic rings. The van der Waals surface area contributed by atoms with E-state index in [2.05, 4.69) is 22.2 Å². The number of carbonyl (C=O) groups is 2. The van der Waals surface area contributed by atoms with Gasteiger partial charge in [0.1, 0.15) is 11.8 Å². The smallest absolute Gasteiger partial charge is 0.326 e. The SMILES string of the molecule is CCCCOc1ccc(NC(=O)N2Cc3[nH]cnc3CC2C(=O)O)cc1. The minimum absolute atomic E-state index is 0.177. The average molecular weight is 358 g/mol. The number of H-pyrrole nitrogens is 1. The highest BCUT2D eigenvalue weighted by atomic mass is 16.5. The van der Waals surface area contributed by atoms with Crippen LogP contribution in [0.2, 0.25) is 0 Å². The van der Waals surface area contributed by atoms with Gasteiger partial charge in [0.25, 0.3) is 0 Å². The van der Waals surface area contributed by atoms with Crippen LogP contribution in [0.4, 0.5) is 10.5 Å². The van der Waals surface area contributed by atoms with Gasteiger partial charge in [0.15, 0.2) is 0 Å². The van der Waals surface area contributed by atoms with E-state index < -0.39 is 18.0 Å². The van der Waals surface area contributed by atoms with E-state index in [1.165, 1.54) is 11.2 Å². The van der Waals surface area contributed by atoms with Gasteiger partial charge in [0, 0.05) is 12.1 Å². The van der Waals surface area contributed by atoms with Crippen LogP contribution >= 0.6 is 0 Å². The molecule has 8 heteroatoms. The molecule has 0 bridgehead atoms. The molecular weight excluding hydrogens is 336 g/mol. The normalized spacial score (nSPS) is 16.0. The topological polar surface area (TPSA) is 108 Å². The summed E-state index contributed by atoms with van der Waals surface area (Å²) < 4.78 is 5.59. The Labute approximate surface area is 151 Å². The lowest BCUT2D eigenvalue weighted by molar-refractivity contribution is -0.142. The number of imidazole rings is 1. The molecule has 0 saturated heterocycles. The monoisotopic (exact) mass is 358 g/mol. The highest BCUT2D eigenvalue weighted by Crippen LogP contribution is 2.23. The summed E-state index contributed by atoms with van der Waals surface area (Å²) in [5.41, 5.74) is 2.03. The van der Waals surface area contributed by atoms with E-state index >= 15 is 0 Å². The van der Waals surface area contributed by atoms with E-state index in [0.717, 1.165) is 24.3 Å². The fourth-order valence-electron chi connectivity index (χ4n) is 2.83. The first-order valence-electron chi connectivity index (χ1n) is 8.63. The molecule has 1 unspecified atom stereocenters. The van der Waals surface area contributed by atoms with Crippen molar-refractivity contribution in [2.45, 2.75) is 38.8 Å². The van der Waals surface area contributed by atoms with Crippen molar-refractivity contribution >= 4 is 17.7 Å². The number of amides is 2. The van der Waals surface area contributed by atoms with Crippen molar-refractivity contribution < 1.29 is 19.4 Å². The number of aromatic amines is 1. The third-order valence-electron chi connectivity index (χ3n) is 4.32. The number of rotatable bonds is 6. The quantitative estimate of drug-likeness (QED) is 0.688. The summed E-state index contributed by atoms with van der Waals surface area (Å²) in [6, 6.07) is 5.63. The zero-order valence-electron chi connectivity index (χ0n) is 14.6. The first-order valence-corrected chi connectivity index (χ1v) is 8.63. The van der Waals surface area contributed by atoms with Crippen molar-refractivity contribution in [1.29, 1.82) is 0 Å². The summed E-state index contributed by atoms with van der Waals surface area (Å²) in [5, 5.41) is 12.2. The van der Waals surface area contributed by atoms with Gasteiger partial charge in [0.2, 0.25) is 0 Å². The van der Waals surface area contributed by atoms with Gasteiger partial charge in [-0.3, -0.25) is 0 Å². The van der Waals surface area contributed by atoms with Gasteiger partial charge in [-0.25, -0.2) is 14.6 Å². The molecule has 1 aromatic carbocycles. The van der Waals surface area contributed by atoms with E-state index in [1.54, 1.807) is 24.3 Å². The van der Waals surface area contributed by atoms with Gasteiger partial charge in [-0.05, 0) is 30.7 Å². The van der Waals surface area contributed by atoms with Crippen LogP contribution in [0.5, 0.6) is 5.75 Å². The molecule has 0 saturated carbocycles. The summed E-state index contributed by atoms with van der Waals surface area (Å²) in [4.78, 5) is 32.5. The number of urea groups is 1. The largest absolute Gasteiger partial charge is 0.494 e. The predicted octanol–water partition coefficient (Wildman–Crippen LogP) is 2.63. The van der Waals surface area contributed by atoms with Crippen LogP contribution < -0.4 is 10.1 Å². The average Bonchev–Trinajstić information content (AvgIpc) is 3.09.